The maximum absolute atomic E-state index is 5.86. The molecule has 0 spiro atoms. The maximum Gasteiger partial charge on any atom is 0.184 e. The average molecular weight is 215 g/mol. The van der Waals surface area contributed by atoms with Gasteiger partial charge in [-0.05, 0) is 18.9 Å². The Morgan fingerprint density at radius 1 is 1.38 bits per heavy atom. The summed E-state index contributed by atoms with van der Waals surface area (Å²) in [5, 5.41) is 0. The van der Waals surface area contributed by atoms with E-state index >= 15 is 0 Å². The zero-order valence-electron chi connectivity index (χ0n) is 9.60. The van der Waals surface area contributed by atoms with Crippen molar-refractivity contribution in [1.29, 1.82) is 0 Å². The van der Waals surface area contributed by atoms with Crippen molar-refractivity contribution in [3.8, 4) is 0 Å². The molecule has 1 aliphatic rings. The summed E-state index contributed by atoms with van der Waals surface area (Å²) in [6.07, 6.45) is 3.76. The van der Waals surface area contributed by atoms with Gasteiger partial charge in [0.05, 0.1) is 6.04 Å². The molecule has 84 valence electrons. The molecule has 0 bridgehead atoms. The van der Waals surface area contributed by atoms with Crippen molar-refractivity contribution >= 4 is 5.90 Å². The van der Waals surface area contributed by atoms with Crippen molar-refractivity contribution in [3.05, 3.63) is 48.6 Å². The highest BCUT2D eigenvalue weighted by Gasteiger charge is 2.27. The Bertz CT molecular complexity index is 383. The van der Waals surface area contributed by atoms with Crippen LogP contribution in [0.4, 0.5) is 0 Å². The molecule has 2 heteroatoms. The minimum atomic E-state index is 0.0843. The van der Waals surface area contributed by atoms with Crippen LogP contribution in [0, 0.1) is 0 Å². The highest BCUT2D eigenvalue weighted by atomic mass is 16.5. The molecule has 1 aliphatic heterocycles. The van der Waals surface area contributed by atoms with Gasteiger partial charge in [-0.3, -0.25) is 0 Å². The third-order valence-electron chi connectivity index (χ3n) is 2.74. The van der Waals surface area contributed by atoms with Crippen molar-refractivity contribution < 1.29 is 4.74 Å². The van der Waals surface area contributed by atoms with Gasteiger partial charge >= 0.3 is 0 Å². The molecule has 1 aromatic rings. The number of hydrogen-bond acceptors (Lipinski definition) is 2. The van der Waals surface area contributed by atoms with Crippen LogP contribution in [-0.4, -0.2) is 11.9 Å². The third kappa shape index (κ3) is 2.32. The lowest BCUT2D eigenvalue weighted by Gasteiger charge is -2.14. The Hall–Kier alpha value is -1.57. The van der Waals surface area contributed by atoms with E-state index in [1.165, 1.54) is 5.56 Å². The topological polar surface area (TPSA) is 21.6 Å². The number of rotatable bonds is 4. The number of allylic oxidation sites excluding steroid dienone is 1. The van der Waals surface area contributed by atoms with Gasteiger partial charge in [0.25, 0.3) is 0 Å². The van der Waals surface area contributed by atoms with Crippen molar-refractivity contribution in [3.63, 3.8) is 0 Å². The van der Waals surface area contributed by atoms with Gasteiger partial charge in [-0.2, -0.15) is 0 Å². The largest absolute Gasteiger partial charge is 0.471 e. The van der Waals surface area contributed by atoms with Gasteiger partial charge in [0.2, 0.25) is 0 Å². The monoisotopic (exact) mass is 215 g/mol. The highest BCUT2D eigenvalue weighted by Crippen LogP contribution is 2.29. The lowest BCUT2D eigenvalue weighted by molar-refractivity contribution is 0.197. The van der Waals surface area contributed by atoms with Gasteiger partial charge in [0.1, 0.15) is 6.10 Å². The van der Waals surface area contributed by atoms with Crippen molar-refractivity contribution in [1.82, 2.24) is 0 Å². The molecule has 0 aliphatic carbocycles. The van der Waals surface area contributed by atoms with Gasteiger partial charge in [0, 0.05) is 6.42 Å². The smallest absolute Gasteiger partial charge is 0.184 e. The van der Waals surface area contributed by atoms with E-state index in [9.17, 15) is 0 Å². The first-order chi connectivity index (χ1) is 7.81. The Morgan fingerprint density at radius 2 is 2.12 bits per heavy atom. The Labute approximate surface area is 96.7 Å². The van der Waals surface area contributed by atoms with Gasteiger partial charge in [0.15, 0.2) is 5.90 Å². The summed E-state index contributed by atoms with van der Waals surface area (Å²) < 4.78 is 5.86. The van der Waals surface area contributed by atoms with Crippen molar-refractivity contribution in [2.24, 2.45) is 4.99 Å². The Balaban J connectivity index is 2.04. The predicted molar refractivity (Wildman–Crippen MR) is 66.6 cm³/mol. The molecule has 1 aromatic carbocycles. The molecule has 0 fully saturated rings. The van der Waals surface area contributed by atoms with Crippen LogP contribution < -0.4 is 0 Å². The number of benzene rings is 1. The van der Waals surface area contributed by atoms with Crippen LogP contribution >= 0.6 is 0 Å². The lowest BCUT2D eigenvalue weighted by atomic mass is 10.0. The van der Waals surface area contributed by atoms with E-state index in [4.69, 9.17) is 4.74 Å². The average Bonchev–Trinajstić information content (AvgIpc) is 2.69. The summed E-state index contributed by atoms with van der Waals surface area (Å²) in [5.41, 5.74) is 1.20. The second-order valence-corrected chi connectivity index (χ2v) is 4.04. The van der Waals surface area contributed by atoms with Crippen LogP contribution in [0.15, 0.2) is 48.0 Å². The van der Waals surface area contributed by atoms with E-state index in [-0.39, 0.29) is 12.1 Å². The fourth-order valence-corrected chi connectivity index (χ4v) is 1.91. The van der Waals surface area contributed by atoms with Gasteiger partial charge in [-0.1, -0.05) is 36.4 Å². The lowest BCUT2D eigenvalue weighted by Crippen LogP contribution is -2.10. The molecule has 2 nitrogen and oxygen atoms in total. The van der Waals surface area contributed by atoms with Gasteiger partial charge < -0.3 is 4.74 Å². The standard InChI is InChI=1S/C14H17NO/c1-3-4-10-13-15-11(2)14(16-13)12-8-6-5-7-9-12/h3,5-9,11,14H,1,4,10H2,2H3/t11-,14-/m0/s1. The fourth-order valence-electron chi connectivity index (χ4n) is 1.91. The normalized spacial score (nSPS) is 23.7. The Morgan fingerprint density at radius 3 is 2.81 bits per heavy atom. The van der Waals surface area contributed by atoms with Crippen LogP contribution in [-0.2, 0) is 4.74 Å². The molecule has 0 amide bonds. The predicted octanol–water partition coefficient (Wildman–Crippen LogP) is 3.51. The summed E-state index contributed by atoms with van der Waals surface area (Å²) in [5.74, 6) is 0.862. The molecule has 2 rings (SSSR count). The number of hydrogen-bond donors (Lipinski definition) is 0. The maximum atomic E-state index is 5.86. The van der Waals surface area contributed by atoms with E-state index in [1.54, 1.807) is 0 Å². The molecule has 0 N–H and O–H groups in total. The van der Waals surface area contributed by atoms with E-state index in [0.717, 1.165) is 18.7 Å². The number of aliphatic imine (C=N–C) groups is 1. The van der Waals surface area contributed by atoms with Crippen molar-refractivity contribution in [2.45, 2.75) is 31.9 Å². The number of nitrogens with zero attached hydrogens (tertiary/aromatic N) is 1. The minimum Gasteiger partial charge on any atom is -0.471 e. The summed E-state index contributed by atoms with van der Waals surface area (Å²) in [6.45, 7) is 5.80. The molecule has 0 radical (unpaired) electrons. The van der Waals surface area contributed by atoms with Crippen LogP contribution in [0.25, 0.3) is 0 Å². The Kier molecular flexibility index (Phi) is 3.40. The molecule has 1 heterocycles. The molecule has 2 atom stereocenters. The SMILES string of the molecule is C=CCCC1=N[C@@H](C)[C@@H](c2ccccc2)O1. The van der Waals surface area contributed by atoms with Crippen molar-refractivity contribution in [2.75, 3.05) is 0 Å². The first kappa shape index (κ1) is 10.9. The van der Waals surface area contributed by atoms with E-state index < -0.39 is 0 Å². The molecule has 16 heavy (non-hydrogen) atoms. The summed E-state index contributed by atoms with van der Waals surface area (Å²) >= 11 is 0. The molecule has 0 saturated carbocycles. The first-order valence-corrected chi connectivity index (χ1v) is 5.70. The van der Waals surface area contributed by atoms with E-state index in [1.807, 2.05) is 24.3 Å². The van der Waals surface area contributed by atoms with E-state index in [2.05, 4.69) is 30.6 Å². The summed E-state index contributed by atoms with van der Waals surface area (Å²) in [4.78, 5) is 4.53. The van der Waals surface area contributed by atoms with E-state index in [0.29, 0.717) is 0 Å². The first-order valence-electron chi connectivity index (χ1n) is 5.70. The summed E-state index contributed by atoms with van der Waals surface area (Å²) in [6, 6.07) is 10.5. The molecular weight excluding hydrogens is 198 g/mol. The molecule has 0 unspecified atom stereocenters. The van der Waals surface area contributed by atoms with Gasteiger partial charge in [-0.25, -0.2) is 4.99 Å². The fraction of sp³-hybridized carbons (Fsp3) is 0.357. The zero-order chi connectivity index (χ0) is 11.4. The second kappa shape index (κ2) is 4.97. The third-order valence-corrected chi connectivity index (χ3v) is 2.74. The van der Waals surface area contributed by atoms with Crippen LogP contribution in [0.3, 0.4) is 0 Å². The summed E-state index contributed by atoms with van der Waals surface area (Å²) in [7, 11) is 0. The minimum absolute atomic E-state index is 0.0843. The molecule has 0 aromatic heterocycles. The van der Waals surface area contributed by atoms with Crippen LogP contribution in [0.1, 0.15) is 31.4 Å². The molecular formula is C14H17NO. The highest BCUT2D eigenvalue weighted by molar-refractivity contribution is 5.78. The van der Waals surface area contributed by atoms with Crippen LogP contribution in [0.5, 0.6) is 0 Å². The van der Waals surface area contributed by atoms with Gasteiger partial charge in [-0.15, -0.1) is 6.58 Å². The quantitative estimate of drug-likeness (QED) is 0.704. The number of ether oxygens (including phenoxy) is 1. The molecule has 0 saturated heterocycles. The van der Waals surface area contributed by atoms with Crippen LogP contribution in [0.2, 0.25) is 0 Å². The second-order valence-electron chi connectivity index (χ2n) is 4.04. The zero-order valence-corrected chi connectivity index (χ0v) is 9.60.